The third kappa shape index (κ3) is 4.16. The van der Waals surface area contributed by atoms with Crippen LogP contribution in [0.25, 0.3) is 0 Å². The molecule has 2 aromatic rings. The van der Waals surface area contributed by atoms with Gasteiger partial charge in [-0.25, -0.2) is 0 Å². The Morgan fingerprint density at radius 1 is 1.23 bits per heavy atom. The molecular weight excluding hydrogens is 300 g/mol. The number of rotatable bonds is 4. The summed E-state index contributed by atoms with van der Waals surface area (Å²) in [7, 11) is 0. The van der Waals surface area contributed by atoms with Gasteiger partial charge < -0.3 is 15.7 Å². The van der Waals surface area contributed by atoms with Crippen molar-refractivity contribution in [3.8, 4) is 0 Å². The Hall–Kier alpha value is -2.18. The van der Waals surface area contributed by atoms with E-state index in [1.807, 2.05) is 37.4 Å². The van der Waals surface area contributed by atoms with Crippen molar-refractivity contribution in [3.05, 3.63) is 51.7 Å². The van der Waals surface area contributed by atoms with Crippen LogP contribution in [-0.4, -0.2) is 23.5 Å². The van der Waals surface area contributed by atoms with E-state index in [9.17, 15) is 14.7 Å². The summed E-state index contributed by atoms with van der Waals surface area (Å²) in [6.07, 6.45) is -0.808. The summed E-state index contributed by atoms with van der Waals surface area (Å²) in [6.45, 7) is 3.76. The van der Waals surface area contributed by atoms with E-state index < -0.39 is 17.9 Å². The van der Waals surface area contributed by atoms with Crippen molar-refractivity contribution in [1.29, 1.82) is 0 Å². The maximum absolute atomic E-state index is 11.9. The van der Waals surface area contributed by atoms with Gasteiger partial charge in [-0.3, -0.25) is 9.59 Å². The van der Waals surface area contributed by atoms with Crippen LogP contribution in [0.4, 0.5) is 5.69 Å². The number of hydrogen-bond acceptors (Lipinski definition) is 4. The Kier molecular flexibility index (Phi) is 5.30. The number of benzene rings is 1. The summed E-state index contributed by atoms with van der Waals surface area (Å²) in [5.74, 6) is -1.51. The Morgan fingerprint density at radius 3 is 2.68 bits per heavy atom. The van der Waals surface area contributed by atoms with Crippen LogP contribution in [0.15, 0.2) is 35.7 Å². The molecule has 0 saturated carbocycles. The standard InChI is InChI=1S/C16H18N2O3S/c1-10-5-6-11(2)12(8-10)18-16(21)15(20)17-9-13(19)14-4-3-7-22-14/h3-8,13,19H,9H2,1-2H3,(H,17,20)(H,18,21). The second-order valence-corrected chi connectivity index (χ2v) is 5.99. The maximum Gasteiger partial charge on any atom is 0.313 e. The molecule has 6 heteroatoms. The molecule has 2 amide bonds. The smallest absolute Gasteiger partial charge is 0.313 e. The molecule has 1 atom stereocenters. The third-order valence-corrected chi connectivity index (χ3v) is 4.15. The molecular formula is C16H18N2O3S. The molecule has 1 unspecified atom stereocenters. The maximum atomic E-state index is 11.9. The monoisotopic (exact) mass is 318 g/mol. The summed E-state index contributed by atoms with van der Waals surface area (Å²) in [4.78, 5) is 24.4. The zero-order valence-electron chi connectivity index (χ0n) is 12.4. The highest BCUT2D eigenvalue weighted by Gasteiger charge is 2.17. The Labute approximate surface area is 133 Å². The van der Waals surface area contributed by atoms with E-state index >= 15 is 0 Å². The van der Waals surface area contributed by atoms with E-state index in [1.54, 1.807) is 12.1 Å². The Bertz CT molecular complexity index is 668. The first-order valence-corrected chi connectivity index (χ1v) is 7.73. The number of hydrogen-bond donors (Lipinski definition) is 3. The SMILES string of the molecule is Cc1ccc(C)c(NC(=O)C(=O)NCC(O)c2cccs2)c1. The lowest BCUT2D eigenvalue weighted by Gasteiger charge is -2.11. The minimum absolute atomic E-state index is 0.000430. The van der Waals surface area contributed by atoms with Gasteiger partial charge in [0.2, 0.25) is 0 Å². The first-order chi connectivity index (χ1) is 10.5. The minimum Gasteiger partial charge on any atom is -0.386 e. The predicted octanol–water partition coefficient (Wildman–Crippen LogP) is 2.15. The van der Waals surface area contributed by atoms with E-state index in [1.165, 1.54) is 11.3 Å². The first-order valence-electron chi connectivity index (χ1n) is 6.85. The zero-order valence-corrected chi connectivity index (χ0v) is 13.2. The van der Waals surface area contributed by atoms with Crippen LogP contribution in [0.2, 0.25) is 0 Å². The van der Waals surface area contributed by atoms with Crippen molar-refractivity contribution < 1.29 is 14.7 Å². The van der Waals surface area contributed by atoms with Crippen molar-refractivity contribution in [2.24, 2.45) is 0 Å². The molecule has 0 aliphatic carbocycles. The molecule has 5 nitrogen and oxygen atoms in total. The highest BCUT2D eigenvalue weighted by molar-refractivity contribution is 7.10. The number of carbonyl (C=O) groups is 2. The number of aryl methyl sites for hydroxylation is 2. The number of aliphatic hydroxyl groups excluding tert-OH is 1. The van der Waals surface area contributed by atoms with Gasteiger partial charge in [-0.15, -0.1) is 11.3 Å². The van der Waals surface area contributed by atoms with Gasteiger partial charge in [0.25, 0.3) is 0 Å². The number of aliphatic hydroxyl groups is 1. The van der Waals surface area contributed by atoms with Gasteiger partial charge in [0.05, 0.1) is 0 Å². The highest BCUT2D eigenvalue weighted by Crippen LogP contribution is 2.18. The number of nitrogens with one attached hydrogen (secondary N) is 2. The van der Waals surface area contributed by atoms with Crippen molar-refractivity contribution in [2.75, 3.05) is 11.9 Å². The average molecular weight is 318 g/mol. The molecule has 0 bridgehead atoms. The van der Waals surface area contributed by atoms with Crippen LogP contribution in [0.3, 0.4) is 0 Å². The predicted molar refractivity (Wildman–Crippen MR) is 86.8 cm³/mol. The first kappa shape index (κ1) is 16.2. The molecule has 0 aliphatic rings. The summed E-state index contributed by atoms with van der Waals surface area (Å²) in [5.41, 5.74) is 2.48. The second kappa shape index (κ2) is 7.20. The highest BCUT2D eigenvalue weighted by atomic mass is 32.1. The van der Waals surface area contributed by atoms with Crippen LogP contribution in [0.1, 0.15) is 22.1 Å². The lowest BCUT2D eigenvalue weighted by Crippen LogP contribution is -2.37. The van der Waals surface area contributed by atoms with Gasteiger partial charge in [0, 0.05) is 17.1 Å². The van der Waals surface area contributed by atoms with Gasteiger partial charge in [-0.2, -0.15) is 0 Å². The normalized spacial score (nSPS) is 11.8. The van der Waals surface area contributed by atoms with Gasteiger partial charge in [-0.1, -0.05) is 18.2 Å². The molecule has 1 heterocycles. The molecule has 22 heavy (non-hydrogen) atoms. The van der Waals surface area contributed by atoms with E-state index in [2.05, 4.69) is 10.6 Å². The van der Waals surface area contributed by atoms with E-state index in [4.69, 9.17) is 0 Å². The molecule has 0 aliphatic heterocycles. The average Bonchev–Trinajstić information content (AvgIpc) is 3.02. The molecule has 3 N–H and O–H groups in total. The molecule has 0 radical (unpaired) electrons. The van der Waals surface area contributed by atoms with Gasteiger partial charge in [0.1, 0.15) is 6.10 Å². The summed E-state index contributed by atoms with van der Waals surface area (Å²) >= 11 is 1.40. The Balaban J connectivity index is 1.89. The van der Waals surface area contributed by atoms with Crippen LogP contribution >= 0.6 is 11.3 Å². The topological polar surface area (TPSA) is 78.4 Å². The molecule has 2 rings (SSSR count). The minimum atomic E-state index is -0.808. The number of amides is 2. The van der Waals surface area contributed by atoms with Crippen LogP contribution in [0, 0.1) is 13.8 Å². The lowest BCUT2D eigenvalue weighted by molar-refractivity contribution is -0.136. The van der Waals surface area contributed by atoms with Gasteiger partial charge in [0.15, 0.2) is 0 Å². The molecule has 1 aromatic carbocycles. The fourth-order valence-electron chi connectivity index (χ4n) is 1.90. The quantitative estimate of drug-likeness (QED) is 0.756. The largest absolute Gasteiger partial charge is 0.386 e. The van der Waals surface area contributed by atoms with Crippen LogP contribution in [0.5, 0.6) is 0 Å². The van der Waals surface area contributed by atoms with Gasteiger partial charge in [-0.05, 0) is 42.5 Å². The van der Waals surface area contributed by atoms with Crippen LogP contribution < -0.4 is 10.6 Å². The molecule has 0 saturated heterocycles. The van der Waals surface area contributed by atoms with Crippen molar-refractivity contribution >= 4 is 28.8 Å². The van der Waals surface area contributed by atoms with E-state index in [0.717, 1.165) is 16.0 Å². The molecule has 1 aromatic heterocycles. The van der Waals surface area contributed by atoms with E-state index in [-0.39, 0.29) is 6.54 Å². The zero-order chi connectivity index (χ0) is 16.1. The fourth-order valence-corrected chi connectivity index (χ4v) is 2.61. The Morgan fingerprint density at radius 2 is 2.00 bits per heavy atom. The van der Waals surface area contributed by atoms with Crippen LogP contribution in [-0.2, 0) is 9.59 Å². The lowest BCUT2D eigenvalue weighted by atomic mass is 10.1. The fraction of sp³-hybridized carbons (Fsp3) is 0.250. The van der Waals surface area contributed by atoms with Crippen molar-refractivity contribution in [3.63, 3.8) is 0 Å². The van der Waals surface area contributed by atoms with Crippen molar-refractivity contribution in [2.45, 2.75) is 20.0 Å². The molecule has 0 fully saturated rings. The summed E-state index contributed by atoms with van der Waals surface area (Å²) in [6, 6.07) is 9.21. The summed E-state index contributed by atoms with van der Waals surface area (Å²) < 4.78 is 0. The van der Waals surface area contributed by atoms with Gasteiger partial charge >= 0.3 is 11.8 Å². The molecule has 0 spiro atoms. The molecule has 116 valence electrons. The number of thiophene rings is 1. The third-order valence-electron chi connectivity index (χ3n) is 3.18. The van der Waals surface area contributed by atoms with Crippen molar-refractivity contribution in [1.82, 2.24) is 5.32 Å². The second-order valence-electron chi connectivity index (χ2n) is 5.01. The number of anilines is 1. The van der Waals surface area contributed by atoms with E-state index in [0.29, 0.717) is 5.69 Å². The number of carbonyl (C=O) groups excluding carboxylic acids is 2. The summed E-state index contributed by atoms with van der Waals surface area (Å²) in [5, 5.41) is 16.7.